The Hall–Kier alpha value is -3.40. The summed E-state index contributed by atoms with van der Waals surface area (Å²) in [4.78, 5) is 17.7. The number of anilines is 1. The largest absolute Gasteiger partial charge is 0.339 e. The number of aromatic nitrogens is 5. The van der Waals surface area contributed by atoms with Gasteiger partial charge in [0.15, 0.2) is 5.82 Å². The lowest BCUT2D eigenvalue weighted by Crippen LogP contribution is -2.13. The maximum Gasteiger partial charge on any atom is 0.227 e. The number of hydrogen-bond donors (Lipinski definition) is 1. The van der Waals surface area contributed by atoms with Crippen LogP contribution in [0.25, 0.3) is 22.1 Å². The van der Waals surface area contributed by atoms with Crippen molar-refractivity contribution in [2.45, 2.75) is 45.1 Å². The van der Waals surface area contributed by atoms with Crippen molar-refractivity contribution in [3.63, 3.8) is 0 Å². The van der Waals surface area contributed by atoms with Gasteiger partial charge in [-0.25, -0.2) is 4.39 Å². The molecule has 0 saturated carbocycles. The number of amides is 1. The van der Waals surface area contributed by atoms with Gasteiger partial charge in [0.2, 0.25) is 17.6 Å². The lowest BCUT2D eigenvalue weighted by Gasteiger charge is -2.10. The maximum atomic E-state index is 14.6. The first kappa shape index (κ1) is 20.5. The number of carbonyl (C=O) groups excluding carboxylic acids is 1. The van der Waals surface area contributed by atoms with Gasteiger partial charge >= 0.3 is 0 Å². The second-order valence-corrected chi connectivity index (χ2v) is 8.58. The van der Waals surface area contributed by atoms with Crippen LogP contribution >= 0.6 is 11.3 Å². The topological polar surface area (TPSA) is 98.7 Å². The highest BCUT2D eigenvalue weighted by Crippen LogP contribution is 2.28. The smallest absolute Gasteiger partial charge is 0.227 e. The molecular formula is C22H21FN6O2S. The van der Waals surface area contributed by atoms with Crippen LogP contribution in [0.2, 0.25) is 0 Å². The van der Waals surface area contributed by atoms with Crippen molar-refractivity contribution in [1.82, 2.24) is 24.9 Å². The average Bonchev–Trinajstić information content (AvgIpc) is 3.53. The first-order valence-electron chi connectivity index (χ1n) is 10.6. The lowest BCUT2D eigenvalue weighted by molar-refractivity contribution is -0.116. The second kappa shape index (κ2) is 8.99. The molecule has 5 rings (SSSR count). The molecule has 0 atom stereocenters. The van der Waals surface area contributed by atoms with E-state index in [9.17, 15) is 9.18 Å². The van der Waals surface area contributed by atoms with E-state index in [4.69, 9.17) is 4.52 Å². The van der Waals surface area contributed by atoms with Gasteiger partial charge in [0, 0.05) is 31.5 Å². The Kier molecular flexibility index (Phi) is 5.76. The molecule has 3 aromatic heterocycles. The predicted octanol–water partition coefficient (Wildman–Crippen LogP) is 4.49. The Balaban J connectivity index is 1.26. The van der Waals surface area contributed by atoms with Crippen molar-refractivity contribution < 1.29 is 13.7 Å². The van der Waals surface area contributed by atoms with Gasteiger partial charge in [-0.15, -0.1) is 21.5 Å². The highest BCUT2D eigenvalue weighted by atomic mass is 32.1. The number of benzene rings is 1. The van der Waals surface area contributed by atoms with E-state index in [-0.39, 0.29) is 12.3 Å². The normalized spacial score (nSPS) is 13.5. The molecule has 4 aromatic rings. The molecular weight excluding hydrogens is 431 g/mol. The molecule has 1 N–H and O–H groups in total. The van der Waals surface area contributed by atoms with Crippen LogP contribution in [0.5, 0.6) is 0 Å². The molecule has 164 valence electrons. The number of halogens is 1. The zero-order valence-electron chi connectivity index (χ0n) is 17.3. The molecule has 0 spiro atoms. The summed E-state index contributed by atoms with van der Waals surface area (Å²) >= 11 is 1.52. The maximum absolute atomic E-state index is 14.6. The van der Waals surface area contributed by atoms with E-state index in [1.54, 1.807) is 6.07 Å². The highest BCUT2D eigenvalue weighted by Gasteiger charge is 2.19. The zero-order valence-corrected chi connectivity index (χ0v) is 18.1. The van der Waals surface area contributed by atoms with E-state index in [1.165, 1.54) is 23.5 Å². The molecule has 1 aliphatic heterocycles. The summed E-state index contributed by atoms with van der Waals surface area (Å²) in [7, 11) is 0. The van der Waals surface area contributed by atoms with Crippen molar-refractivity contribution in [3.05, 3.63) is 53.2 Å². The summed E-state index contributed by atoms with van der Waals surface area (Å²) in [6.45, 7) is 0.769. The average molecular weight is 453 g/mol. The number of aryl methyl sites for hydroxylation is 2. The highest BCUT2D eigenvalue weighted by molar-refractivity contribution is 7.13. The molecule has 1 aromatic carbocycles. The molecule has 1 amide bonds. The number of carbonyl (C=O) groups is 1. The summed E-state index contributed by atoms with van der Waals surface area (Å²) < 4.78 is 21.8. The fourth-order valence-corrected chi connectivity index (χ4v) is 4.41. The van der Waals surface area contributed by atoms with Crippen molar-refractivity contribution in [2.24, 2.45) is 0 Å². The third-order valence-electron chi connectivity index (χ3n) is 5.38. The molecule has 0 radical (unpaired) electrons. The second-order valence-electron chi connectivity index (χ2n) is 7.63. The minimum Gasteiger partial charge on any atom is -0.339 e. The van der Waals surface area contributed by atoms with Gasteiger partial charge in [0.05, 0.1) is 10.4 Å². The Morgan fingerprint density at radius 3 is 3.03 bits per heavy atom. The Morgan fingerprint density at radius 1 is 1.22 bits per heavy atom. The Bertz CT molecular complexity index is 1230. The number of rotatable bonds is 6. The summed E-state index contributed by atoms with van der Waals surface area (Å²) in [6.07, 6.45) is 4.52. The van der Waals surface area contributed by atoms with Crippen LogP contribution in [0, 0.1) is 5.82 Å². The lowest BCUT2D eigenvalue weighted by atomic mass is 10.1. The SMILES string of the molecule is O=C(CCc1nc(-c2cccs2)no1)Nc1ccc(F)c(-c2nnc3n2CCCCC3)c1. The zero-order chi connectivity index (χ0) is 21.9. The molecule has 0 unspecified atom stereocenters. The standard InChI is InChI=1S/C22H21FN6O2S/c23-16-8-7-14(13-15(16)22-27-26-18-6-2-1-3-11-29(18)22)24-19(30)9-10-20-25-21(28-31-20)17-5-4-12-32-17/h4-5,7-8,12-13H,1-3,6,9-11H2,(H,24,30). The molecule has 0 fully saturated rings. The molecule has 10 heteroatoms. The van der Waals surface area contributed by atoms with E-state index >= 15 is 0 Å². The van der Waals surface area contributed by atoms with E-state index in [0.29, 0.717) is 35.2 Å². The van der Waals surface area contributed by atoms with Gasteiger partial charge in [0.1, 0.15) is 11.6 Å². The van der Waals surface area contributed by atoms with Crippen LogP contribution in [-0.2, 0) is 24.2 Å². The van der Waals surface area contributed by atoms with E-state index in [1.807, 2.05) is 22.1 Å². The number of nitrogens with zero attached hydrogens (tertiary/aromatic N) is 5. The fourth-order valence-electron chi connectivity index (χ4n) is 3.76. The Morgan fingerprint density at radius 2 is 2.16 bits per heavy atom. The first-order valence-corrected chi connectivity index (χ1v) is 11.4. The first-order chi connectivity index (χ1) is 15.7. The monoisotopic (exact) mass is 452 g/mol. The Labute approximate surface area is 187 Å². The number of fused-ring (bicyclic) bond motifs is 1. The van der Waals surface area contributed by atoms with Crippen molar-refractivity contribution >= 4 is 22.9 Å². The molecule has 4 heterocycles. The van der Waals surface area contributed by atoms with Gasteiger partial charge in [-0.1, -0.05) is 17.6 Å². The molecule has 0 saturated heterocycles. The van der Waals surface area contributed by atoms with Crippen LogP contribution in [0.1, 0.15) is 37.4 Å². The van der Waals surface area contributed by atoms with Gasteiger partial charge in [-0.2, -0.15) is 4.98 Å². The quantitative estimate of drug-likeness (QED) is 0.463. The van der Waals surface area contributed by atoms with Crippen LogP contribution in [0.4, 0.5) is 10.1 Å². The van der Waals surface area contributed by atoms with Gasteiger partial charge < -0.3 is 14.4 Å². The van der Waals surface area contributed by atoms with Gasteiger partial charge in [-0.3, -0.25) is 4.79 Å². The van der Waals surface area contributed by atoms with Gasteiger partial charge in [0.25, 0.3) is 0 Å². The van der Waals surface area contributed by atoms with E-state index in [0.717, 1.165) is 42.9 Å². The number of thiophene rings is 1. The van der Waals surface area contributed by atoms with Crippen molar-refractivity contribution in [3.8, 4) is 22.1 Å². The van der Waals surface area contributed by atoms with Gasteiger partial charge in [-0.05, 0) is 42.5 Å². The number of hydrogen-bond acceptors (Lipinski definition) is 7. The molecule has 8 nitrogen and oxygen atoms in total. The van der Waals surface area contributed by atoms with Crippen LogP contribution in [0.3, 0.4) is 0 Å². The summed E-state index contributed by atoms with van der Waals surface area (Å²) in [5, 5.41) is 17.2. The van der Waals surface area contributed by atoms with E-state index < -0.39 is 5.82 Å². The van der Waals surface area contributed by atoms with Crippen molar-refractivity contribution in [2.75, 3.05) is 5.32 Å². The summed E-state index contributed by atoms with van der Waals surface area (Å²) in [5.41, 5.74) is 0.836. The summed E-state index contributed by atoms with van der Waals surface area (Å²) in [5.74, 6) is 1.68. The summed E-state index contributed by atoms with van der Waals surface area (Å²) in [6, 6.07) is 8.31. The minimum atomic E-state index is -0.394. The molecule has 32 heavy (non-hydrogen) atoms. The third kappa shape index (κ3) is 4.31. The number of nitrogens with one attached hydrogen (secondary N) is 1. The van der Waals surface area contributed by atoms with E-state index in [2.05, 4.69) is 25.7 Å². The van der Waals surface area contributed by atoms with Crippen LogP contribution in [0.15, 0.2) is 40.2 Å². The van der Waals surface area contributed by atoms with Crippen LogP contribution < -0.4 is 5.32 Å². The molecule has 1 aliphatic rings. The molecule has 0 bridgehead atoms. The van der Waals surface area contributed by atoms with Crippen molar-refractivity contribution in [1.29, 1.82) is 0 Å². The fraction of sp³-hybridized carbons (Fsp3) is 0.318. The molecule has 0 aliphatic carbocycles. The van der Waals surface area contributed by atoms with Crippen LogP contribution in [-0.4, -0.2) is 30.8 Å². The minimum absolute atomic E-state index is 0.166. The predicted molar refractivity (Wildman–Crippen MR) is 118 cm³/mol. The third-order valence-corrected chi connectivity index (χ3v) is 6.24.